The van der Waals surface area contributed by atoms with Gasteiger partial charge in [-0.05, 0) is 76.2 Å². The Hall–Kier alpha value is -4.36. The van der Waals surface area contributed by atoms with Crippen LogP contribution in [0, 0.1) is 23.0 Å². The fourth-order valence-corrected chi connectivity index (χ4v) is 5.51. The zero-order chi connectivity index (χ0) is 34.9. The molecule has 1 aliphatic heterocycles. The van der Waals surface area contributed by atoms with Crippen LogP contribution < -0.4 is 14.5 Å². The van der Waals surface area contributed by atoms with Crippen LogP contribution >= 0.6 is 12.2 Å². The van der Waals surface area contributed by atoms with Gasteiger partial charge in [0.05, 0.1) is 41.4 Å². The van der Waals surface area contributed by atoms with Gasteiger partial charge in [-0.2, -0.15) is 31.6 Å². The van der Waals surface area contributed by atoms with Crippen molar-refractivity contribution in [3.8, 4) is 23.1 Å². The summed E-state index contributed by atoms with van der Waals surface area (Å²) in [7, 11) is 0. The van der Waals surface area contributed by atoms with Crippen LogP contribution in [0.3, 0.4) is 0 Å². The number of anilines is 2. The number of nitrogens with zero attached hydrogens (tertiary/aromatic N) is 4. The van der Waals surface area contributed by atoms with Crippen molar-refractivity contribution in [2.45, 2.75) is 51.5 Å². The number of amides is 1. The Morgan fingerprint density at radius 2 is 1.68 bits per heavy atom. The van der Waals surface area contributed by atoms with Gasteiger partial charge in [-0.25, -0.2) is 8.78 Å². The molecule has 2 heterocycles. The second kappa shape index (κ2) is 13.4. The van der Waals surface area contributed by atoms with Crippen LogP contribution in [-0.2, 0) is 21.9 Å². The average Bonchev–Trinajstić information content (AvgIpc) is 3.16. The van der Waals surface area contributed by atoms with Gasteiger partial charge in [0.25, 0.3) is 5.91 Å². The van der Waals surface area contributed by atoms with Gasteiger partial charge < -0.3 is 14.4 Å². The Bertz CT molecular complexity index is 1740. The largest absolute Gasteiger partial charge is 0.494 e. The summed E-state index contributed by atoms with van der Waals surface area (Å²) in [6.45, 7) is 5.51. The minimum absolute atomic E-state index is 0.0963. The zero-order valence-electron chi connectivity index (χ0n) is 25.0. The molecule has 7 nitrogen and oxygen atoms in total. The van der Waals surface area contributed by atoms with Gasteiger partial charge >= 0.3 is 12.4 Å². The number of halogens is 8. The number of rotatable bonds is 10. The second-order valence-corrected chi connectivity index (χ2v) is 11.1. The quantitative estimate of drug-likeness (QED) is 0.121. The zero-order valence-corrected chi connectivity index (χ0v) is 25.8. The molecule has 0 aliphatic carbocycles. The van der Waals surface area contributed by atoms with Gasteiger partial charge in [0.15, 0.2) is 16.7 Å². The number of benzene rings is 2. The maximum absolute atomic E-state index is 15.6. The van der Waals surface area contributed by atoms with Gasteiger partial charge in [-0.1, -0.05) is 0 Å². The lowest BCUT2D eigenvalue weighted by atomic mass is 10.0. The van der Waals surface area contributed by atoms with Crippen LogP contribution in [0.25, 0.3) is 11.3 Å². The Morgan fingerprint density at radius 3 is 2.28 bits per heavy atom. The first-order valence-electron chi connectivity index (χ1n) is 14.0. The maximum Gasteiger partial charge on any atom is 0.420 e. The molecule has 4 rings (SSSR count). The Labute approximate surface area is 269 Å². The molecule has 1 aliphatic rings. The van der Waals surface area contributed by atoms with E-state index in [0.29, 0.717) is 37.0 Å². The number of ether oxygens (including phenoxy) is 2. The highest BCUT2D eigenvalue weighted by molar-refractivity contribution is 7.81. The van der Waals surface area contributed by atoms with Gasteiger partial charge in [0.2, 0.25) is 0 Å². The molecule has 0 bridgehead atoms. The van der Waals surface area contributed by atoms with Crippen molar-refractivity contribution in [2.24, 2.45) is 0 Å². The molecular formula is C31H26F8N4O3S. The van der Waals surface area contributed by atoms with E-state index in [1.165, 1.54) is 26.0 Å². The third-order valence-corrected chi connectivity index (χ3v) is 7.59. The number of pyridine rings is 1. The number of aromatic nitrogens is 1. The van der Waals surface area contributed by atoms with E-state index in [0.717, 1.165) is 35.4 Å². The standard InChI is InChI=1S/C31H26F8N4O3S/c1-4-45-11-5-6-12-46-19-8-9-20(21(14-19)30(34,35)36)26-22(32)13-18(16-41-26)43-28(47)42(27(44)29(43,2)3)23-10-7-17(15-40)24(25(23)33)31(37,38)39/h7-10,13-14,16H,4-6,11-12H2,1-3H3. The smallest absolute Gasteiger partial charge is 0.420 e. The summed E-state index contributed by atoms with van der Waals surface area (Å²) >= 11 is 5.33. The monoisotopic (exact) mass is 686 g/mol. The van der Waals surface area contributed by atoms with Crippen LogP contribution in [0.2, 0.25) is 0 Å². The molecule has 250 valence electrons. The molecule has 16 heteroatoms. The maximum atomic E-state index is 15.6. The highest BCUT2D eigenvalue weighted by Crippen LogP contribution is 2.43. The van der Waals surface area contributed by atoms with Crippen LogP contribution in [-0.4, -0.2) is 41.4 Å². The molecule has 0 saturated carbocycles. The number of carbonyl (C=O) groups excluding carboxylic acids is 1. The van der Waals surface area contributed by atoms with E-state index in [9.17, 15) is 31.1 Å². The summed E-state index contributed by atoms with van der Waals surface area (Å²) in [5.74, 6) is -4.27. The van der Waals surface area contributed by atoms with Crippen molar-refractivity contribution in [3.63, 3.8) is 0 Å². The van der Waals surface area contributed by atoms with Crippen molar-refractivity contribution in [1.29, 1.82) is 5.26 Å². The van der Waals surface area contributed by atoms with Crippen molar-refractivity contribution in [3.05, 3.63) is 70.9 Å². The predicted octanol–water partition coefficient (Wildman–Crippen LogP) is 8.05. The van der Waals surface area contributed by atoms with E-state index in [1.807, 2.05) is 6.92 Å². The lowest BCUT2D eigenvalue weighted by Crippen LogP contribution is -2.44. The fourth-order valence-electron chi connectivity index (χ4n) is 4.99. The van der Waals surface area contributed by atoms with E-state index in [2.05, 4.69) is 4.98 Å². The molecule has 1 fully saturated rings. The molecule has 0 atom stereocenters. The third-order valence-electron chi connectivity index (χ3n) is 7.23. The first kappa shape index (κ1) is 35.5. The minimum atomic E-state index is -5.29. The summed E-state index contributed by atoms with van der Waals surface area (Å²) in [5.41, 5.74) is -8.34. The number of hydrogen-bond acceptors (Lipinski definition) is 6. The van der Waals surface area contributed by atoms with Crippen LogP contribution in [0.4, 0.5) is 46.5 Å². The lowest BCUT2D eigenvalue weighted by molar-refractivity contribution is -0.140. The SMILES string of the molecule is CCOCCCCOc1ccc(-c2ncc(N3C(=S)N(c4ccc(C#N)c(C(F)(F)F)c4F)C(=O)C3(C)C)cc2F)c(C(F)(F)F)c1. The first-order chi connectivity index (χ1) is 21.9. The number of alkyl halides is 6. The molecule has 3 aromatic rings. The summed E-state index contributed by atoms with van der Waals surface area (Å²) in [5, 5.41) is 8.50. The van der Waals surface area contributed by atoms with Gasteiger partial charge in [-0.3, -0.25) is 14.7 Å². The molecule has 0 unspecified atom stereocenters. The highest BCUT2D eigenvalue weighted by Gasteiger charge is 2.52. The number of hydrogen-bond donors (Lipinski definition) is 0. The average molecular weight is 687 g/mol. The van der Waals surface area contributed by atoms with E-state index >= 15 is 8.78 Å². The molecule has 0 spiro atoms. The first-order valence-corrected chi connectivity index (χ1v) is 14.4. The van der Waals surface area contributed by atoms with Crippen molar-refractivity contribution < 1.29 is 49.4 Å². The van der Waals surface area contributed by atoms with E-state index in [1.54, 1.807) is 0 Å². The normalized spacial score (nSPS) is 14.9. The third kappa shape index (κ3) is 7.01. The van der Waals surface area contributed by atoms with Crippen molar-refractivity contribution in [1.82, 2.24) is 4.98 Å². The molecule has 47 heavy (non-hydrogen) atoms. The summed E-state index contributed by atoms with van der Waals surface area (Å²) in [4.78, 5) is 18.8. The molecule has 1 saturated heterocycles. The number of nitriles is 1. The minimum Gasteiger partial charge on any atom is -0.494 e. The Balaban J connectivity index is 1.69. The summed E-state index contributed by atoms with van der Waals surface area (Å²) in [6, 6.07) is 6.44. The summed E-state index contributed by atoms with van der Waals surface area (Å²) < 4.78 is 125. The van der Waals surface area contributed by atoms with E-state index < -0.39 is 74.2 Å². The topological polar surface area (TPSA) is 78.7 Å². The predicted molar refractivity (Wildman–Crippen MR) is 159 cm³/mol. The van der Waals surface area contributed by atoms with E-state index in [-0.39, 0.29) is 18.0 Å². The molecule has 2 aromatic carbocycles. The Morgan fingerprint density at radius 1 is 1.00 bits per heavy atom. The highest BCUT2D eigenvalue weighted by atomic mass is 32.1. The number of thiocarbonyl (C=S) groups is 1. The molecular weight excluding hydrogens is 660 g/mol. The lowest BCUT2D eigenvalue weighted by Gasteiger charge is -2.29. The van der Waals surface area contributed by atoms with Crippen molar-refractivity contribution in [2.75, 3.05) is 29.6 Å². The molecule has 1 aromatic heterocycles. The van der Waals surface area contributed by atoms with Gasteiger partial charge in [-0.15, -0.1) is 0 Å². The van der Waals surface area contributed by atoms with E-state index in [4.69, 9.17) is 27.0 Å². The number of carbonyl (C=O) groups is 1. The van der Waals surface area contributed by atoms with Gasteiger partial charge in [0, 0.05) is 24.8 Å². The molecule has 0 N–H and O–H groups in total. The fraction of sp³-hybridized carbons (Fsp3) is 0.355. The van der Waals surface area contributed by atoms with Crippen LogP contribution in [0.5, 0.6) is 5.75 Å². The van der Waals surface area contributed by atoms with Crippen LogP contribution in [0.15, 0.2) is 42.6 Å². The molecule has 1 amide bonds. The van der Waals surface area contributed by atoms with Crippen LogP contribution in [0.1, 0.15) is 50.3 Å². The Kier molecular flexibility index (Phi) is 10.1. The van der Waals surface area contributed by atoms with Crippen molar-refractivity contribution >= 4 is 34.6 Å². The van der Waals surface area contributed by atoms with Gasteiger partial charge in [0.1, 0.15) is 22.5 Å². The summed E-state index contributed by atoms with van der Waals surface area (Å²) in [6.07, 6.45) is -8.13. The second-order valence-electron chi connectivity index (χ2n) is 10.7. The number of unbranched alkanes of at least 4 members (excludes halogenated alkanes) is 1. The molecule has 0 radical (unpaired) electrons.